The molecule has 0 radical (unpaired) electrons. The predicted molar refractivity (Wildman–Crippen MR) is 67.5 cm³/mol. The van der Waals surface area contributed by atoms with E-state index in [2.05, 4.69) is 5.32 Å². The summed E-state index contributed by atoms with van der Waals surface area (Å²) in [5.74, 6) is 1.24. The van der Waals surface area contributed by atoms with Crippen LogP contribution in [0.4, 0.5) is 5.69 Å². The first kappa shape index (κ1) is 11.6. The first-order valence-corrected chi connectivity index (χ1v) is 5.87. The third-order valence-corrected chi connectivity index (χ3v) is 3.29. The summed E-state index contributed by atoms with van der Waals surface area (Å²) in [6.07, 6.45) is 0.937. The van der Waals surface area contributed by atoms with Gasteiger partial charge < -0.3 is 15.8 Å². The lowest BCUT2D eigenvalue weighted by Gasteiger charge is -2.14. The largest absolute Gasteiger partial charge is 0.495 e. The average Bonchev–Trinajstić information content (AvgIpc) is 2.63. The quantitative estimate of drug-likeness (QED) is 0.854. The normalized spacial score (nSPS) is 20.1. The van der Waals surface area contributed by atoms with Crippen molar-refractivity contribution < 1.29 is 4.74 Å². The van der Waals surface area contributed by atoms with Gasteiger partial charge >= 0.3 is 0 Å². The lowest BCUT2D eigenvalue weighted by atomic mass is 9.94. The molecule has 3 N–H and O–H groups in total. The van der Waals surface area contributed by atoms with Crippen molar-refractivity contribution in [3.05, 3.63) is 22.7 Å². The maximum Gasteiger partial charge on any atom is 0.142 e. The molecule has 0 amide bonds. The number of fused-ring (bicyclic) bond motifs is 1. The molecule has 0 bridgehead atoms. The Morgan fingerprint density at radius 1 is 1.62 bits per heavy atom. The van der Waals surface area contributed by atoms with Crippen LogP contribution in [0.1, 0.15) is 24.8 Å². The third kappa shape index (κ3) is 1.97. The molecule has 0 saturated heterocycles. The Balaban J connectivity index is 2.37. The number of hydrogen-bond acceptors (Lipinski definition) is 3. The van der Waals surface area contributed by atoms with Crippen molar-refractivity contribution in [2.45, 2.75) is 25.3 Å². The van der Waals surface area contributed by atoms with E-state index in [4.69, 9.17) is 22.1 Å². The highest BCUT2D eigenvalue weighted by Crippen LogP contribution is 2.44. The highest BCUT2D eigenvalue weighted by atomic mass is 35.5. The first-order chi connectivity index (χ1) is 7.63. The molecule has 1 aliphatic rings. The van der Waals surface area contributed by atoms with Crippen LogP contribution >= 0.6 is 11.6 Å². The molecular formula is C12H17ClN2O. The van der Waals surface area contributed by atoms with Crippen LogP contribution in [0.5, 0.6) is 5.75 Å². The van der Waals surface area contributed by atoms with Gasteiger partial charge in [0.25, 0.3) is 0 Å². The monoisotopic (exact) mass is 240 g/mol. The number of benzene rings is 1. The van der Waals surface area contributed by atoms with E-state index in [1.807, 2.05) is 19.1 Å². The van der Waals surface area contributed by atoms with Gasteiger partial charge in [-0.05, 0) is 25.5 Å². The zero-order chi connectivity index (χ0) is 11.7. The van der Waals surface area contributed by atoms with Gasteiger partial charge in [-0.15, -0.1) is 0 Å². The number of halogens is 1. The molecule has 1 aromatic rings. The fraction of sp³-hybridized carbons (Fsp3) is 0.500. The molecular weight excluding hydrogens is 224 g/mol. The van der Waals surface area contributed by atoms with E-state index >= 15 is 0 Å². The second kappa shape index (κ2) is 4.52. The summed E-state index contributed by atoms with van der Waals surface area (Å²) < 4.78 is 5.31. The summed E-state index contributed by atoms with van der Waals surface area (Å²) >= 11 is 6.24. The Kier molecular flexibility index (Phi) is 3.26. The Morgan fingerprint density at radius 3 is 3.00 bits per heavy atom. The summed E-state index contributed by atoms with van der Waals surface area (Å²) in [6.45, 7) is 2.91. The Morgan fingerprint density at radius 2 is 2.38 bits per heavy atom. The Hall–Kier alpha value is -0.930. The molecule has 2 rings (SSSR count). The number of ether oxygens (including phenoxy) is 1. The van der Waals surface area contributed by atoms with Gasteiger partial charge in [0.2, 0.25) is 0 Å². The summed E-state index contributed by atoms with van der Waals surface area (Å²) in [5, 5.41) is 4.15. The molecule has 3 nitrogen and oxygen atoms in total. The van der Waals surface area contributed by atoms with Crippen molar-refractivity contribution in [2.75, 3.05) is 19.0 Å². The minimum atomic E-state index is 0.181. The smallest absolute Gasteiger partial charge is 0.142 e. The van der Waals surface area contributed by atoms with E-state index in [-0.39, 0.29) is 6.04 Å². The summed E-state index contributed by atoms with van der Waals surface area (Å²) in [4.78, 5) is 0. The number of nitrogens with one attached hydrogen (secondary N) is 1. The zero-order valence-electron chi connectivity index (χ0n) is 9.59. The molecule has 88 valence electrons. The van der Waals surface area contributed by atoms with Crippen LogP contribution < -0.4 is 15.8 Å². The minimum absolute atomic E-state index is 0.181. The summed E-state index contributed by atoms with van der Waals surface area (Å²) in [6, 6.07) is 3.96. The fourth-order valence-electron chi connectivity index (χ4n) is 2.30. The van der Waals surface area contributed by atoms with Gasteiger partial charge in [-0.3, -0.25) is 0 Å². The molecule has 2 atom stereocenters. The van der Waals surface area contributed by atoms with E-state index in [1.54, 1.807) is 7.11 Å². The molecule has 1 aromatic carbocycles. The van der Waals surface area contributed by atoms with Gasteiger partial charge in [0.15, 0.2) is 0 Å². The van der Waals surface area contributed by atoms with E-state index in [0.29, 0.717) is 5.92 Å². The predicted octanol–water partition coefficient (Wildman–Crippen LogP) is 2.59. The number of hydrogen-bond donors (Lipinski definition) is 2. The van der Waals surface area contributed by atoms with Crippen molar-refractivity contribution in [1.29, 1.82) is 0 Å². The molecule has 0 saturated carbocycles. The highest BCUT2D eigenvalue weighted by molar-refractivity contribution is 6.32. The summed E-state index contributed by atoms with van der Waals surface area (Å²) in [5.41, 5.74) is 8.03. The first-order valence-electron chi connectivity index (χ1n) is 5.49. The maximum atomic E-state index is 6.24. The maximum absolute atomic E-state index is 6.24. The number of nitrogens with two attached hydrogens (primary N) is 1. The Bertz CT molecular complexity index is 393. The minimum Gasteiger partial charge on any atom is -0.495 e. The van der Waals surface area contributed by atoms with E-state index < -0.39 is 0 Å². The summed E-state index contributed by atoms with van der Waals surface area (Å²) in [7, 11) is 1.67. The van der Waals surface area contributed by atoms with Gasteiger partial charge in [-0.2, -0.15) is 0 Å². The van der Waals surface area contributed by atoms with Gasteiger partial charge in [0.1, 0.15) is 5.75 Å². The topological polar surface area (TPSA) is 47.3 Å². The van der Waals surface area contributed by atoms with Gasteiger partial charge in [0.05, 0.1) is 12.8 Å². The standard InChI is InChI=1S/C12H17ClN2O/c1-7(14)5-8-6-15-12-10(16-2)4-3-9(13)11(8)12/h3-4,7-8,15H,5-6,14H2,1-2H3. The van der Waals surface area contributed by atoms with Crippen LogP contribution in [0, 0.1) is 0 Å². The number of anilines is 1. The average molecular weight is 241 g/mol. The van der Waals surface area contributed by atoms with E-state index in [1.165, 1.54) is 0 Å². The van der Waals surface area contributed by atoms with Gasteiger partial charge in [-0.1, -0.05) is 11.6 Å². The van der Waals surface area contributed by atoms with Crippen LogP contribution in [-0.2, 0) is 0 Å². The molecule has 1 heterocycles. The second-order valence-electron chi connectivity index (χ2n) is 4.33. The van der Waals surface area contributed by atoms with Crippen LogP contribution in [0.15, 0.2) is 12.1 Å². The molecule has 0 spiro atoms. The third-order valence-electron chi connectivity index (χ3n) is 2.96. The molecule has 16 heavy (non-hydrogen) atoms. The highest BCUT2D eigenvalue weighted by Gasteiger charge is 2.28. The van der Waals surface area contributed by atoms with Crippen molar-refractivity contribution in [3.63, 3.8) is 0 Å². The van der Waals surface area contributed by atoms with Gasteiger partial charge in [-0.25, -0.2) is 0 Å². The SMILES string of the molecule is COc1ccc(Cl)c2c1NCC2CC(C)N. The Labute approximate surface area is 101 Å². The number of methoxy groups -OCH3 is 1. The van der Waals surface area contributed by atoms with Crippen LogP contribution in [0.2, 0.25) is 5.02 Å². The molecule has 1 aliphatic heterocycles. The van der Waals surface area contributed by atoms with E-state index in [0.717, 1.165) is 35.0 Å². The zero-order valence-corrected chi connectivity index (χ0v) is 10.3. The van der Waals surface area contributed by atoms with Crippen molar-refractivity contribution in [1.82, 2.24) is 0 Å². The molecule has 0 fully saturated rings. The fourth-order valence-corrected chi connectivity index (χ4v) is 2.61. The van der Waals surface area contributed by atoms with Crippen molar-refractivity contribution in [2.24, 2.45) is 5.73 Å². The molecule has 0 aromatic heterocycles. The molecule has 0 aliphatic carbocycles. The molecule has 4 heteroatoms. The lowest BCUT2D eigenvalue weighted by Crippen LogP contribution is -2.19. The van der Waals surface area contributed by atoms with E-state index in [9.17, 15) is 0 Å². The number of rotatable bonds is 3. The van der Waals surface area contributed by atoms with Gasteiger partial charge in [0, 0.05) is 29.1 Å². The van der Waals surface area contributed by atoms with Crippen molar-refractivity contribution in [3.8, 4) is 5.75 Å². The van der Waals surface area contributed by atoms with Crippen LogP contribution in [-0.4, -0.2) is 19.7 Å². The van der Waals surface area contributed by atoms with Crippen LogP contribution in [0.25, 0.3) is 0 Å². The molecule has 2 unspecified atom stereocenters. The van der Waals surface area contributed by atoms with Crippen molar-refractivity contribution >= 4 is 17.3 Å². The second-order valence-corrected chi connectivity index (χ2v) is 4.74. The van der Waals surface area contributed by atoms with Crippen LogP contribution in [0.3, 0.4) is 0 Å². The lowest BCUT2D eigenvalue weighted by molar-refractivity contribution is 0.416.